The molecule has 3 N–H and O–H groups in total. The maximum atomic E-state index is 14.3. The Bertz CT molecular complexity index is 694. The molecule has 0 spiro atoms. The fourth-order valence-electron chi connectivity index (χ4n) is 1.57. The zero-order chi connectivity index (χ0) is 14.9. The van der Waals surface area contributed by atoms with Crippen LogP contribution in [0.3, 0.4) is 0 Å². The van der Waals surface area contributed by atoms with E-state index in [4.69, 9.17) is 29.6 Å². The Morgan fingerprint density at radius 3 is 2.45 bits per heavy atom. The van der Waals surface area contributed by atoms with Crippen molar-refractivity contribution in [1.82, 2.24) is 0 Å². The van der Waals surface area contributed by atoms with Gasteiger partial charge in [-0.1, -0.05) is 23.8 Å². The molecule has 2 nitrogen and oxygen atoms in total. The predicted octanol–water partition coefficient (Wildman–Crippen LogP) is 5.38. The first-order valence-electron chi connectivity index (χ1n) is 5.40. The third-order valence-electron chi connectivity index (χ3n) is 2.55. The van der Waals surface area contributed by atoms with E-state index in [1.165, 1.54) is 0 Å². The zero-order valence-electron chi connectivity index (χ0n) is 9.88. The minimum absolute atomic E-state index is 0.134. The van der Waals surface area contributed by atoms with Crippen LogP contribution in [-0.4, -0.2) is 4.99 Å². The summed E-state index contributed by atoms with van der Waals surface area (Å²) in [6, 6.07) is 8.42. The van der Waals surface area contributed by atoms with Crippen LogP contribution in [0.15, 0.2) is 39.3 Å². The van der Waals surface area contributed by atoms with Gasteiger partial charge in [0.2, 0.25) is 0 Å². The lowest BCUT2D eigenvalue weighted by Gasteiger charge is -2.12. The lowest BCUT2D eigenvalue weighted by Crippen LogP contribution is -2.11. The van der Waals surface area contributed by atoms with E-state index in [2.05, 4.69) is 37.2 Å². The van der Waals surface area contributed by atoms with Gasteiger partial charge in [-0.05, 0) is 62.2 Å². The number of nitrogens with one attached hydrogen (secondary N) is 1. The fourth-order valence-corrected chi connectivity index (χ4v) is 3.21. The van der Waals surface area contributed by atoms with Crippen molar-refractivity contribution in [2.24, 2.45) is 5.73 Å². The van der Waals surface area contributed by atoms with Crippen molar-refractivity contribution in [3.63, 3.8) is 0 Å². The number of hydrogen-bond donors (Lipinski definition) is 2. The van der Waals surface area contributed by atoms with Crippen LogP contribution in [0.25, 0.3) is 0 Å². The molecular weight excluding hydrogens is 430 g/mol. The average molecular weight is 439 g/mol. The molecule has 20 heavy (non-hydrogen) atoms. The first-order chi connectivity index (χ1) is 9.40. The maximum absolute atomic E-state index is 14.3. The summed E-state index contributed by atoms with van der Waals surface area (Å²) in [5.74, 6) is -0.461. The molecule has 0 aliphatic heterocycles. The van der Waals surface area contributed by atoms with Crippen LogP contribution >= 0.6 is 55.7 Å². The summed E-state index contributed by atoms with van der Waals surface area (Å²) in [6.07, 6.45) is 0. The van der Waals surface area contributed by atoms with Crippen molar-refractivity contribution >= 4 is 72.0 Å². The van der Waals surface area contributed by atoms with Crippen LogP contribution in [0.4, 0.5) is 15.8 Å². The Morgan fingerprint density at radius 1 is 1.20 bits per heavy atom. The van der Waals surface area contributed by atoms with Gasteiger partial charge in [0.25, 0.3) is 0 Å². The van der Waals surface area contributed by atoms with Gasteiger partial charge in [0.15, 0.2) is 5.82 Å². The van der Waals surface area contributed by atoms with Crippen LogP contribution in [0, 0.1) is 5.82 Å². The number of halogens is 4. The zero-order valence-corrected chi connectivity index (χ0v) is 14.6. The summed E-state index contributed by atoms with van der Waals surface area (Å²) < 4.78 is 15.2. The summed E-state index contributed by atoms with van der Waals surface area (Å²) in [5.41, 5.74) is 6.98. The first-order valence-corrected chi connectivity index (χ1v) is 7.77. The number of benzene rings is 2. The Kier molecular flexibility index (Phi) is 5.01. The Labute approximate surface area is 142 Å². The largest absolute Gasteiger partial charge is 0.389 e. The standard InChI is InChI=1S/C13H8Br2ClFN2S/c14-8-5-6(16)1-3-9(8)19-10-4-2-7(13(18)20)11(15)12(10)17/h1-5,19H,(H2,18,20). The molecule has 0 amide bonds. The van der Waals surface area contributed by atoms with Crippen molar-refractivity contribution in [2.75, 3.05) is 5.32 Å². The van der Waals surface area contributed by atoms with Crippen molar-refractivity contribution in [3.05, 3.63) is 55.7 Å². The van der Waals surface area contributed by atoms with Gasteiger partial charge < -0.3 is 11.1 Å². The summed E-state index contributed by atoms with van der Waals surface area (Å²) in [5, 5.41) is 3.57. The monoisotopic (exact) mass is 436 g/mol. The molecule has 2 aromatic carbocycles. The average Bonchev–Trinajstić information content (AvgIpc) is 2.37. The maximum Gasteiger partial charge on any atom is 0.161 e. The second-order valence-electron chi connectivity index (χ2n) is 3.90. The van der Waals surface area contributed by atoms with Gasteiger partial charge in [-0.3, -0.25) is 0 Å². The lowest BCUT2D eigenvalue weighted by molar-refractivity contribution is 0.625. The van der Waals surface area contributed by atoms with Gasteiger partial charge in [-0.2, -0.15) is 0 Å². The fraction of sp³-hybridized carbons (Fsp3) is 0. The van der Waals surface area contributed by atoms with Crippen LogP contribution in [0.1, 0.15) is 5.56 Å². The molecule has 0 unspecified atom stereocenters. The molecule has 0 aliphatic rings. The molecule has 2 rings (SSSR count). The third-order valence-corrected chi connectivity index (χ3v) is 4.43. The Hall–Kier alpha value is -0.690. The third kappa shape index (κ3) is 3.31. The quantitative estimate of drug-likeness (QED) is 0.632. The van der Waals surface area contributed by atoms with Crippen molar-refractivity contribution in [3.8, 4) is 0 Å². The highest BCUT2D eigenvalue weighted by Crippen LogP contribution is 2.32. The second-order valence-corrected chi connectivity index (χ2v) is 6.43. The Balaban J connectivity index is 2.39. The smallest absolute Gasteiger partial charge is 0.161 e. The highest BCUT2D eigenvalue weighted by atomic mass is 79.9. The topological polar surface area (TPSA) is 38.0 Å². The minimum atomic E-state index is -0.461. The highest BCUT2D eigenvalue weighted by molar-refractivity contribution is 9.11. The van der Waals surface area contributed by atoms with Crippen molar-refractivity contribution in [2.45, 2.75) is 0 Å². The lowest BCUT2D eigenvalue weighted by atomic mass is 10.2. The highest BCUT2D eigenvalue weighted by Gasteiger charge is 2.13. The van der Waals surface area contributed by atoms with E-state index >= 15 is 0 Å². The molecule has 0 aliphatic carbocycles. The van der Waals surface area contributed by atoms with Gasteiger partial charge >= 0.3 is 0 Å². The van der Waals surface area contributed by atoms with Crippen molar-refractivity contribution < 1.29 is 4.39 Å². The second kappa shape index (κ2) is 6.39. The van der Waals surface area contributed by atoms with Gasteiger partial charge in [-0.25, -0.2) is 4.39 Å². The van der Waals surface area contributed by atoms with E-state index < -0.39 is 5.82 Å². The molecule has 0 atom stereocenters. The molecule has 0 aromatic heterocycles. The predicted molar refractivity (Wildman–Crippen MR) is 92.4 cm³/mol. The number of hydrogen-bond acceptors (Lipinski definition) is 2. The Morgan fingerprint density at radius 2 is 1.85 bits per heavy atom. The van der Waals surface area contributed by atoms with Crippen molar-refractivity contribution in [1.29, 1.82) is 0 Å². The molecular formula is C13H8Br2ClFN2S. The first kappa shape index (κ1) is 15.7. The summed E-state index contributed by atoms with van der Waals surface area (Å²) >= 11 is 17.2. The molecule has 2 aromatic rings. The van der Waals surface area contributed by atoms with Crippen LogP contribution < -0.4 is 11.1 Å². The summed E-state index contributed by atoms with van der Waals surface area (Å²) in [7, 11) is 0. The minimum Gasteiger partial charge on any atom is -0.389 e. The van der Waals surface area contributed by atoms with E-state index in [-0.39, 0.29) is 9.46 Å². The van der Waals surface area contributed by atoms with E-state index in [0.29, 0.717) is 22.0 Å². The summed E-state index contributed by atoms with van der Waals surface area (Å²) in [4.78, 5) is 0.134. The van der Waals surface area contributed by atoms with Gasteiger partial charge in [-0.15, -0.1) is 0 Å². The summed E-state index contributed by atoms with van der Waals surface area (Å²) in [6.45, 7) is 0. The molecule has 0 bridgehead atoms. The van der Waals surface area contributed by atoms with Gasteiger partial charge in [0.1, 0.15) is 4.99 Å². The number of rotatable bonds is 3. The molecule has 0 saturated carbocycles. The molecule has 0 fully saturated rings. The molecule has 0 heterocycles. The molecule has 0 radical (unpaired) electrons. The molecule has 7 heteroatoms. The number of thiocarbonyl (C=S) groups is 1. The van der Waals surface area contributed by atoms with E-state index in [1.807, 2.05) is 0 Å². The van der Waals surface area contributed by atoms with Gasteiger partial charge in [0.05, 0.1) is 15.8 Å². The van der Waals surface area contributed by atoms with Gasteiger partial charge in [0, 0.05) is 15.1 Å². The van der Waals surface area contributed by atoms with Crippen LogP contribution in [0.2, 0.25) is 5.02 Å². The number of nitrogens with two attached hydrogens (primary N) is 1. The van der Waals surface area contributed by atoms with E-state index in [9.17, 15) is 4.39 Å². The van der Waals surface area contributed by atoms with Crippen LogP contribution in [-0.2, 0) is 0 Å². The van der Waals surface area contributed by atoms with E-state index in [0.717, 1.165) is 4.47 Å². The normalized spacial score (nSPS) is 10.4. The SMILES string of the molecule is NC(=S)c1ccc(Nc2ccc(Cl)cc2Br)c(F)c1Br. The van der Waals surface area contributed by atoms with E-state index in [1.54, 1.807) is 30.3 Å². The number of anilines is 2. The molecule has 104 valence electrons. The van der Waals surface area contributed by atoms with Crippen LogP contribution in [0.5, 0.6) is 0 Å². The molecule has 0 saturated heterocycles.